The van der Waals surface area contributed by atoms with Crippen LogP contribution >= 0.6 is 0 Å². The molecule has 0 bridgehead atoms. The number of esters is 2. The Morgan fingerprint density at radius 1 is 0.435 bits per heavy atom. The number of hydrogen-bond donors (Lipinski definition) is 1. The van der Waals surface area contributed by atoms with Gasteiger partial charge in [0.05, 0.1) is 34.4 Å². The summed E-state index contributed by atoms with van der Waals surface area (Å²) < 4.78 is 22.8. The molecule has 0 aliphatic heterocycles. The Morgan fingerprint density at radius 3 is 1.19 bits per heavy atom. The zero-order valence-electron chi connectivity index (χ0n) is 45.5. The Bertz CT molecular complexity index is 1310. The van der Waals surface area contributed by atoms with Gasteiger partial charge in [0, 0.05) is 12.8 Å². The lowest BCUT2D eigenvalue weighted by Gasteiger charge is -2.25. The van der Waals surface area contributed by atoms with Crippen LogP contribution in [0.25, 0.3) is 0 Å². The molecule has 0 heterocycles. The predicted molar refractivity (Wildman–Crippen MR) is 290 cm³/mol. The van der Waals surface area contributed by atoms with Gasteiger partial charge in [-0.2, -0.15) is 0 Å². The molecule has 0 saturated carbocycles. The van der Waals surface area contributed by atoms with E-state index in [1.807, 2.05) is 21.1 Å². The normalized spacial score (nSPS) is 13.2. The number of unbranched alkanes of at least 4 members (excludes halogenated alkanes) is 27. The van der Waals surface area contributed by atoms with E-state index in [1.165, 1.54) is 141 Å². The van der Waals surface area contributed by atoms with E-state index in [2.05, 4.69) is 74.6 Å². The Balaban J connectivity index is 4.20. The molecule has 0 amide bonds. The fourth-order valence-corrected chi connectivity index (χ4v) is 7.82. The van der Waals surface area contributed by atoms with Crippen LogP contribution in [-0.4, -0.2) is 87.4 Å². The van der Waals surface area contributed by atoms with Gasteiger partial charge < -0.3 is 28.5 Å². The van der Waals surface area contributed by atoms with Crippen LogP contribution < -0.4 is 0 Å². The van der Waals surface area contributed by atoms with Gasteiger partial charge in [-0.1, -0.05) is 209 Å². The van der Waals surface area contributed by atoms with Gasteiger partial charge in [-0.15, -0.1) is 0 Å². The molecule has 0 aromatic rings. The Hall–Kier alpha value is -3.01. The molecule has 0 saturated heterocycles. The van der Waals surface area contributed by atoms with Gasteiger partial charge >= 0.3 is 17.9 Å². The first kappa shape index (κ1) is 66.0. The van der Waals surface area contributed by atoms with E-state index >= 15 is 0 Å². The molecule has 0 aromatic heterocycles. The number of aliphatic carboxylic acids is 1. The number of carbonyl (C=O) groups excluding carboxylic acids is 2. The number of quaternary nitrogens is 1. The molecule has 9 heteroatoms. The molecule has 0 aliphatic carbocycles. The topological polar surface area (TPSA) is 108 Å². The molecule has 2 atom stereocenters. The fraction of sp³-hybridized carbons (Fsp3) is 0.783. The second-order valence-corrected chi connectivity index (χ2v) is 20.2. The first-order chi connectivity index (χ1) is 33.6. The third-order valence-corrected chi connectivity index (χ3v) is 12.2. The number of nitrogens with zero attached hydrogens (tertiary/aromatic N) is 1. The summed E-state index contributed by atoms with van der Waals surface area (Å²) >= 11 is 0. The molecule has 2 unspecified atom stereocenters. The van der Waals surface area contributed by atoms with Gasteiger partial charge in [0.25, 0.3) is 6.29 Å². The van der Waals surface area contributed by atoms with E-state index in [-0.39, 0.29) is 38.6 Å². The van der Waals surface area contributed by atoms with Gasteiger partial charge in [-0.25, -0.2) is 4.79 Å². The monoisotopic (exact) mass is 971 g/mol. The summed E-state index contributed by atoms with van der Waals surface area (Å²) in [5.74, 6) is -2.02. The minimum atomic E-state index is -1.51. The van der Waals surface area contributed by atoms with Crippen LogP contribution in [0.3, 0.4) is 0 Å². The predicted octanol–water partition coefficient (Wildman–Crippen LogP) is 16.5. The molecule has 0 spiro atoms. The summed E-state index contributed by atoms with van der Waals surface area (Å²) in [7, 11) is 5.96. The van der Waals surface area contributed by atoms with Crippen molar-refractivity contribution < 1.29 is 42.9 Å². The van der Waals surface area contributed by atoms with Crippen molar-refractivity contribution in [2.45, 2.75) is 257 Å². The van der Waals surface area contributed by atoms with Gasteiger partial charge in [-0.3, -0.25) is 9.59 Å². The zero-order valence-corrected chi connectivity index (χ0v) is 45.5. The van der Waals surface area contributed by atoms with Crippen LogP contribution in [0.4, 0.5) is 0 Å². The standard InChI is InChI=1S/C60H107NO8/c1-6-8-10-12-14-16-18-20-22-23-24-25-26-27-28-29-30-31-32-33-34-35-37-39-41-43-45-47-49-51-58(63)69-56(55-68-60(59(64)65)66-53-52-61(3,4)5)54-67-57(62)50-48-46-44-42-40-38-36-21-19-17-15-13-11-9-7-2/h15,17-18,20-21,23-24,26-27,36,56,60H,6-14,16,19,22,25,28-35,37-55H2,1-5H3/p+1/b17-15-,20-18-,24-23-,27-26-,36-21-. The number of likely N-dealkylation sites (N-methyl/N-ethyl adjacent to an activating group) is 1. The maximum atomic E-state index is 12.9. The summed E-state index contributed by atoms with van der Waals surface area (Å²) in [4.78, 5) is 37.3. The SMILES string of the molecule is CCCCC/C=C\C/C=C\CCCCCCCC(=O)OCC(COC(OCC[N+](C)(C)C)C(=O)O)OC(=O)CCCCCCCCCCCCCCCC/C=C\C/C=C\C/C=C\CCCCCCC. The molecular formula is C60H108NO8+. The quantitative estimate of drug-likeness (QED) is 0.0211. The minimum absolute atomic E-state index is 0.184. The highest BCUT2D eigenvalue weighted by molar-refractivity contribution is 5.71. The van der Waals surface area contributed by atoms with E-state index in [4.69, 9.17) is 18.9 Å². The fourth-order valence-electron chi connectivity index (χ4n) is 7.82. The van der Waals surface area contributed by atoms with E-state index in [0.717, 1.165) is 77.0 Å². The molecule has 0 rings (SSSR count). The highest BCUT2D eigenvalue weighted by atomic mass is 16.7. The first-order valence-corrected chi connectivity index (χ1v) is 28.5. The Morgan fingerprint density at radius 2 is 0.783 bits per heavy atom. The summed E-state index contributed by atoms with van der Waals surface area (Å²) in [6.07, 6.45) is 61.5. The van der Waals surface area contributed by atoms with Gasteiger partial charge in [0.2, 0.25) is 0 Å². The van der Waals surface area contributed by atoms with Gasteiger partial charge in [0.15, 0.2) is 6.10 Å². The van der Waals surface area contributed by atoms with Crippen molar-refractivity contribution in [1.29, 1.82) is 0 Å². The number of allylic oxidation sites excluding steroid dienone is 10. The van der Waals surface area contributed by atoms with Crippen LogP contribution in [0.15, 0.2) is 60.8 Å². The number of rotatable bonds is 52. The average Bonchev–Trinajstić information content (AvgIpc) is 3.31. The smallest absolute Gasteiger partial charge is 0.361 e. The van der Waals surface area contributed by atoms with E-state index in [1.54, 1.807) is 0 Å². The summed E-state index contributed by atoms with van der Waals surface area (Å²) in [5.41, 5.74) is 0. The third kappa shape index (κ3) is 52.6. The van der Waals surface area contributed by atoms with E-state index < -0.39 is 24.3 Å². The van der Waals surface area contributed by atoms with Gasteiger partial charge in [-0.05, 0) is 83.5 Å². The highest BCUT2D eigenvalue weighted by Crippen LogP contribution is 2.16. The molecule has 0 fully saturated rings. The second-order valence-electron chi connectivity index (χ2n) is 20.2. The highest BCUT2D eigenvalue weighted by Gasteiger charge is 2.25. The number of hydrogen-bond acceptors (Lipinski definition) is 7. The molecule has 0 aromatic carbocycles. The molecule has 1 N–H and O–H groups in total. The molecule has 0 radical (unpaired) electrons. The minimum Gasteiger partial charge on any atom is -0.477 e. The zero-order chi connectivity index (χ0) is 50.6. The Labute approximate surface area is 425 Å². The van der Waals surface area contributed by atoms with Crippen molar-refractivity contribution in [3.05, 3.63) is 60.8 Å². The number of carboxylic acid groups (broad SMARTS) is 1. The number of carbonyl (C=O) groups is 3. The summed E-state index contributed by atoms with van der Waals surface area (Å²) in [6, 6.07) is 0. The first-order valence-electron chi connectivity index (χ1n) is 28.5. The van der Waals surface area contributed by atoms with Crippen LogP contribution in [0.1, 0.15) is 245 Å². The average molecular weight is 972 g/mol. The number of carboxylic acids is 1. The molecule has 400 valence electrons. The van der Waals surface area contributed by atoms with Crippen molar-refractivity contribution in [3.8, 4) is 0 Å². The molecular weight excluding hydrogens is 863 g/mol. The van der Waals surface area contributed by atoms with E-state index in [9.17, 15) is 19.5 Å². The van der Waals surface area contributed by atoms with E-state index in [0.29, 0.717) is 11.0 Å². The van der Waals surface area contributed by atoms with Crippen molar-refractivity contribution >= 4 is 17.9 Å². The maximum Gasteiger partial charge on any atom is 0.361 e. The maximum absolute atomic E-state index is 12.9. The van der Waals surface area contributed by atoms with Crippen LogP contribution in [0.5, 0.6) is 0 Å². The van der Waals surface area contributed by atoms with Crippen molar-refractivity contribution in [1.82, 2.24) is 0 Å². The summed E-state index contributed by atoms with van der Waals surface area (Å²) in [5, 5.41) is 9.69. The van der Waals surface area contributed by atoms with Crippen LogP contribution in [0, 0.1) is 0 Å². The molecule has 9 nitrogen and oxygen atoms in total. The molecule has 69 heavy (non-hydrogen) atoms. The lowest BCUT2D eigenvalue weighted by Crippen LogP contribution is -2.40. The van der Waals surface area contributed by atoms with Crippen molar-refractivity contribution in [2.24, 2.45) is 0 Å². The van der Waals surface area contributed by atoms with Crippen LogP contribution in [0.2, 0.25) is 0 Å². The largest absolute Gasteiger partial charge is 0.477 e. The van der Waals surface area contributed by atoms with Gasteiger partial charge in [0.1, 0.15) is 13.2 Å². The third-order valence-electron chi connectivity index (χ3n) is 12.2. The lowest BCUT2D eigenvalue weighted by atomic mass is 10.0. The number of ether oxygens (including phenoxy) is 4. The second kappa shape index (κ2) is 51.3. The van der Waals surface area contributed by atoms with Crippen molar-refractivity contribution in [3.63, 3.8) is 0 Å². The lowest BCUT2D eigenvalue weighted by molar-refractivity contribution is -0.870. The molecule has 0 aliphatic rings. The summed E-state index contributed by atoms with van der Waals surface area (Å²) in [6.45, 7) is 4.83. The Kier molecular flexibility index (Phi) is 49.1. The van der Waals surface area contributed by atoms with Crippen molar-refractivity contribution in [2.75, 3.05) is 47.5 Å². The van der Waals surface area contributed by atoms with Crippen LogP contribution in [-0.2, 0) is 33.3 Å².